The second-order valence-electron chi connectivity index (χ2n) is 8.26. The van der Waals surface area contributed by atoms with Crippen LogP contribution in [0.3, 0.4) is 0 Å². The number of piperidine rings is 2. The molecule has 7 heteroatoms. The number of methoxy groups -OCH3 is 1. The number of likely N-dealkylation sites (tertiary alicyclic amines) is 2. The van der Waals surface area contributed by atoms with E-state index in [2.05, 4.69) is 0 Å². The molecule has 1 aromatic heterocycles. The van der Waals surface area contributed by atoms with Crippen molar-refractivity contribution in [2.24, 2.45) is 11.8 Å². The molecule has 31 heavy (non-hydrogen) atoms. The Kier molecular flexibility index (Phi) is 6.70. The number of amides is 2. The summed E-state index contributed by atoms with van der Waals surface area (Å²) in [4.78, 5) is 43.0. The van der Waals surface area contributed by atoms with Gasteiger partial charge in [-0.1, -0.05) is 6.07 Å². The van der Waals surface area contributed by atoms with Gasteiger partial charge in [-0.2, -0.15) is 0 Å². The molecule has 0 saturated carbocycles. The molecule has 1 aromatic carbocycles. The number of rotatable bonds is 5. The van der Waals surface area contributed by atoms with Crippen LogP contribution in [0.2, 0.25) is 0 Å². The van der Waals surface area contributed by atoms with Crippen molar-refractivity contribution in [2.75, 3.05) is 33.3 Å². The van der Waals surface area contributed by atoms with E-state index in [1.807, 2.05) is 27.3 Å². The Bertz CT molecular complexity index is 918. The molecule has 0 radical (unpaired) electrons. The fourth-order valence-electron chi connectivity index (χ4n) is 4.53. The van der Waals surface area contributed by atoms with Gasteiger partial charge in [0.05, 0.1) is 17.9 Å². The number of carbonyl (C=O) groups excluding carboxylic acids is 3. The number of ketones is 1. The molecule has 4 rings (SSSR count). The summed E-state index contributed by atoms with van der Waals surface area (Å²) < 4.78 is 5.16. The van der Waals surface area contributed by atoms with Crippen molar-refractivity contribution in [1.29, 1.82) is 0 Å². The molecule has 0 unspecified atom stereocenters. The van der Waals surface area contributed by atoms with E-state index in [-0.39, 0.29) is 29.4 Å². The van der Waals surface area contributed by atoms with E-state index < -0.39 is 0 Å². The SMILES string of the molecule is COc1ccc(C(=O)C2CCN(C(=O)[C@H]3CCCN(C(=O)c4cccs4)C3)CC2)cc1. The maximum atomic E-state index is 13.1. The minimum absolute atomic E-state index is 0.0243. The fraction of sp³-hybridized carbons (Fsp3) is 0.458. The molecular weight excluding hydrogens is 412 g/mol. The highest BCUT2D eigenvalue weighted by Gasteiger charge is 2.34. The van der Waals surface area contributed by atoms with Crippen LogP contribution < -0.4 is 4.74 Å². The van der Waals surface area contributed by atoms with Crippen molar-refractivity contribution in [1.82, 2.24) is 9.80 Å². The van der Waals surface area contributed by atoms with Gasteiger partial charge in [-0.3, -0.25) is 14.4 Å². The molecule has 2 aliphatic heterocycles. The quantitative estimate of drug-likeness (QED) is 0.665. The minimum Gasteiger partial charge on any atom is -0.497 e. The van der Waals surface area contributed by atoms with E-state index in [1.165, 1.54) is 11.3 Å². The molecule has 164 valence electrons. The summed E-state index contributed by atoms with van der Waals surface area (Å²) >= 11 is 1.44. The number of hydrogen-bond donors (Lipinski definition) is 0. The summed E-state index contributed by atoms with van der Waals surface area (Å²) in [6.45, 7) is 2.39. The van der Waals surface area contributed by atoms with Crippen molar-refractivity contribution in [3.05, 3.63) is 52.2 Å². The van der Waals surface area contributed by atoms with Gasteiger partial charge < -0.3 is 14.5 Å². The Hall–Kier alpha value is -2.67. The Morgan fingerprint density at radius 2 is 1.68 bits per heavy atom. The molecule has 2 saturated heterocycles. The summed E-state index contributed by atoms with van der Waals surface area (Å²) in [6, 6.07) is 10.9. The zero-order chi connectivity index (χ0) is 21.8. The maximum absolute atomic E-state index is 13.1. The van der Waals surface area contributed by atoms with E-state index >= 15 is 0 Å². The van der Waals surface area contributed by atoms with Crippen molar-refractivity contribution >= 4 is 28.9 Å². The van der Waals surface area contributed by atoms with Gasteiger partial charge in [0, 0.05) is 37.7 Å². The lowest BCUT2D eigenvalue weighted by atomic mass is 9.87. The van der Waals surface area contributed by atoms with Crippen LogP contribution in [0.25, 0.3) is 0 Å². The lowest BCUT2D eigenvalue weighted by molar-refractivity contribution is -0.138. The molecule has 0 spiro atoms. The molecule has 2 aromatic rings. The Labute approximate surface area is 186 Å². The first-order valence-electron chi connectivity index (χ1n) is 10.9. The average Bonchev–Trinajstić information content (AvgIpc) is 3.38. The van der Waals surface area contributed by atoms with Crippen molar-refractivity contribution in [3.63, 3.8) is 0 Å². The Morgan fingerprint density at radius 1 is 0.935 bits per heavy atom. The zero-order valence-electron chi connectivity index (χ0n) is 17.8. The highest BCUT2D eigenvalue weighted by atomic mass is 32.1. The van der Waals surface area contributed by atoms with Gasteiger partial charge in [-0.05, 0) is 61.4 Å². The highest BCUT2D eigenvalue weighted by molar-refractivity contribution is 7.12. The molecule has 1 atom stereocenters. The third-order valence-electron chi connectivity index (χ3n) is 6.34. The number of ether oxygens (including phenoxy) is 1. The lowest BCUT2D eigenvalue weighted by Crippen LogP contribution is -2.49. The topological polar surface area (TPSA) is 66.9 Å². The molecule has 0 aliphatic carbocycles. The van der Waals surface area contributed by atoms with Crippen LogP contribution in [-0.2, 0) is 4.79 Å². The van der Waals surface area contributed by atoms with E-state index in [9.17, 15) is 14.4 Å². The largest absolute Gasteiger partial charge is 0.497 e. The smallest absolute Gasteiger partial charge is 0.263 e. The van der Waals surface area contributed by atoms with Gasteiger partial charge in [-0.15, -0.1) is 11.3 Å². The summed E-state index contributed by atoms with van der Waals surface area (Å²) in [7, 11) is 1.60. The number of benzene rings is 1. The molecule has 0 bridgehead atoms. The van der Waals surface area contributed by atoms with E-state index in [1.54, 1.807) is 31.4 Å². The Morgan fingerprint density at radius 3 is 2.32 bits per heavy atom. The second kappa shape index (κ2) is 9.64. The predicted octanol–water partition coefficient (Wildman–Crippen LogP) is 3.73. The van der Waals surface area contributed by atoms with Gasteiger partial charge >= 0.3 is 0 Å². The molecule has 0 N–H and O–H groups in total. The first-order valence-corrected chi connectivity index (χ1v) is 11.7. The highest BCUT2D eigenvalue weighted by Crippen LogP contribution is 2.27. The monoisotopic (exact) mass is 440 g/mol. The zero-order valence-corrected chi connectivity index (χ0v) is 18.6. The minimum atomic E-state index is -0.147. The van der Waals surface area contributed by atoms with E-state index in [0.29, 0.717) is 44.6 Å². The van der Waals surface area contributed by atoms with Crippen LogP contribution >= 0.6 is 11.3 Å². The van der Waals surface area contributed by atoms with Crippen LogP contribution in [0.4, 0.5) is 0 Å². The average molecular weight is 441 g/mol. The molecule has 2 fully saturated rings. The number of nitrogens with zero attached hydrogens (tertiary/aromatic N) is 2. The molecule has 2 aliphatic rings. The molecule has 6 nitrogen and oxygen atoms in total. The lowest BCUT2D eigenvalue weighted by Gasteiger charge is -2.37. The van der Waals surface area contributed by atoms with E-state index in [0.717, 1.165) is 23.5 Å². The van der Waals surface area contributed by atoms with Crippen molar-refractivity contribution in [3.8, 4) is 5.75 Å². The predicted molar refractivity (Wildman–Crippen MR) is 120 cm³/mol. The number of carbonyl (C=O) groups is 3. The standard InChI is InChI=1S/C24H28N2O4S/c1-30-20-8-6-17(7-9-20)22(27)18-10-13-25(14-11-18)23(28)19-4-2-12-26(16-19)24(29)21-5-3-15-31-21/h3,5-9,15,18-19H,2,4,10-14,16H2,1H3/t19-/m0/s1. The third kappa shape index (κ3) is 4.82. The molecule has 3 heterocycles. The van der Waals surface area contributed by atoms with Gasteiger partial charge in [0.25, 0.3) is 5.91 Å². The van der Waals surface area contributed by atoms with Crippen LogP contribution in [0, 0.1) is 11.8 Å². The van der Waals surface area contributed by atoms with E-state index in [4.69, 9.17) is 4.74 Å². The maximum Gasteiger partial charge on any atom is 0.263 e. The second-order valence-corrected chi connectivity index (χ2v) is 9.21. The van der Waals surface area contributed by atoms with Crippen molar-refractivity contribution in [2.45, 2.75) is 25.7 Å². The first kappa shape index (κ1) is 21.6. The third-order valence-corrected chi connectivity index (χ3v) is 7.20. The summed E-state index contributed by atoms with van der Waals surface area (Å²) in [6.07, 6.45) is 3.03. The van der Waals surface area contributed by atoms with Crippen LogP contribution in [0.15, 0.2) is 41.8 Å². The van der Waals surface area contributed by atoms with Crippen LogP contribution in [0.5, 0.6) is 5.75 Å². The van der Waals surface area contributed by atoms with Gasteiger partial charge in [0.1, 0.15) is 5.75 Å². The van der Waals surface area contributed by atoms with Gasteiger partial charge in [0.15, 0.2) is 5.78 Å². The molecular formula is C24H28N2O4S. The summed E-state index contributed by atoms with van der Waals surface area (Å²) in [5.74, 6) is 0.818. The molecule has 2 amide bonds. The summed E-state index contributed by atoms with van der Waals surface area (Å²) in [5.41, 5.74) is 0.695. The first-order chi connectivity index (χ1) is 15.1. The van der Waals surface area contributed by atoms with Gasteiger partial charge in [-0.25, -0.2) is 0 Å². The fourth-order valence-corrected chi connectivity index (χ4v) is 5.22. The van der Waals surface area contributed by atoms with Gasteiger partial charge in [0.2, 0.25) is 5.91 Å². The van der Waals surface area contributed by atoms with Crippen molar-refractivity contribution < 1.29 is 19.1 Å². The Balaban J connectivity index is 1.31. The van der Waals surface area contributed by atoms with Crippen LogP contribution in [-0.4, -0.2) is 60.7 Å². The number of Topliss-reactive ketones (excluding diaryl/α,β-unsaturated/α-hetero) is 1. The number of thiophene rings is 1. The summed E-state index contributed by atoms with van der Waals surface area (Å²) in [5, 5.41) is 1.90. The van der Waals surface area contributed by atoms with Crippen LogP contribution in [0.1, 0.15) is 45.7 Å². The normalized spacial score (nSPS) is 19.8. The number of hydrogen-bond acceptors (Lipinski definition) is 5.